The minimum Gasteiger partial charge on any atom is -0.495 e. The summed E-state index contributed by atoms with van der Waals surface area (Å²) in [6.07, 6.45) is 0. The van der Waals surface area contributed by atoms with Crippen molar-refractivity contribution in [2.24, 2.45) is 4.99 Å². The van der Waals surface area contributed by atoms with Crippen LogP contribution in [0.2, 0.25) is 0 Å². The number of nitrogens with zero attached hydrogens (tertiary/aromatic N) is 2. The van der Waals surface area contributed by atoms with Crippen molar-refractivity contribution >= 4 is 39.2 Å². The molecule has 0 atom stereocenters. The van der Waals surface area contributed by atoms with Crippen LogP contribution in [0, 0.1) is 0 Å². The van der Waals surface area contributed by atoms with Crippen molar-refractivity contribution in [1.82, 2.24) is 4.57 Å². The Labute approximate surface area is 173 Å². The fourth-order valence-corrected chi connectivity index (χ4v) is 5.06. The second-order valence-corrected chi connectivity index (χ2v) is 9.02. The number of aryl methyl sites for hydroxylation is 1. The monoisotopic (exact) mass is 416 g/mol. The molecule has 1 heterocycles. The average molecular weight is 417 g/mol. The van der Waals surface area contributed by atoms with Gasteiger partial charge in [-0.05, 0) is 37.3 Å². The summed E-state index contributed by atoms with van der Waals surface area (Å²) in [5.74, 6) is 1.23. The maximum Gasteiger partial charge on any atom is 0.279 e. The Morgan fingerprint density at radius 2 is 1.89 bits per heavy atom. The number of benzene rings is 2. The number of carbonyl (C=O) groups is 1. The molecule has 2 aromatic carbocycles. The van der Waals surface area contributed by atoms with Crippen LogP contribution in [0.15, 0.2) is 46.3 Å². The summed E-state index contributed by atoms with van der Waals surface area (Å²) in [5.41, 5.74) is 1.48. The number of hydrogen-bond acceptors (Lipinski definition) is 5. The van der Waals surface area contributed by atoms with Gasteiger partial charge in [0.15, 0.2) is 4.80 Å². The molecule has 28 heavy (non-hydrogen) atoms. The topological polar surface area (TPSA) is 52.8 Å². The van der Waals surface area contributed by atoms with Crippen LogP contribution in [0.25, 0.3) is 10.2 Å². The van der Waals surface area contributed by atoms with Gasteiger partial charge in [0.2, 0.25) is 0 Å². The molecule has 5 nitrogen and oxygen atoms in total. The zero-order valence-electron chi connectivity index (χ0n) is 16.7. The van der Waals surface area contributed by atoms with Gasteiger partial charge in [0.1, 0.15) is 21.7 Å². The van der Waals surface area contributed by atoms with E-state index in [0.29, 0.717) is 22.2 Å². The van der Waals surface area contributed by atoms with E-state index in [1.165, 1.54) is 11.3 Å². The molecule has 7 heteroatoms. The molecule has 1 aromatic heterocycles. The lowest BCUT2D eigenvalue weighted by molar-refractivity contribution is 0.0997. The molecule has 0 aliphatic heterocycles. The van der Waals surface area contributed by atoms with Crippen molar-refractivity contribution in [2.75, 3.05) is 14.2 Å². The number of rotatable bonds is 6. The molecule has 0 radical (unpaired) electrons. The van der Waals surface area contributed by atoms with Crippen molar-refractivity contribution in [1.29, 1.82) is 0 Å². The largest absolute Gasteiger partial charge is 0.495 e. The van der Waals surface area contributed by atoms with Crippen LogP contribution < -0.4 is 14.3 Å². The molecule has 0 saturated carbocycles. The quantitative estimate of drug-likeness (QED) is 0.532. The van der Waals surface area contributed by atoms with Gasteiger partial charge in [-0.2, -0.15) is 4.99 Å². The zero-order valence-corrected chi connectivity index (χ0v) is 18.3. The summed E-state index contributed by atoms with van der Waals surface area (Å²) in [5, 5.41) is 0.451. The predicted molar refractivity (Wildman–Crippen MR) is 116 cm³/mol. The summed E-state index contributed by atoms with van der Waals surface area (Å²) < 4.78 is 13.9. The lowest BCUT2D eigenvalue weighted by Crippen LogP contribution is -2.16. The summed E-state index contributed by atoms with van der Waals surface area (Å²) in [6.45, 7) is 6.95. The van der Waals surface area contributed by atoms with E-state index < -0.39 is 0 Å². The maximum atomic E-state index is 12.9. The lowest BCUT2D eigenvalue weighted by Gasteiger charge is -2.08. The Balaban J connectivity index is 2.12. The van der Waals surface area contributed by atoms with Gasteiger partial charge in [-0.25, -0.2) is 0 Å². The standard InChI is InChI=1S/C21H24N2O3S2/c1-6-23-18-16(25-4)10-11-17(26-5)19(18)28-21(23)22-20(24)14-8-7-9-15(12-14)27-13(2)3/h7-13H,6H2,1-5H3. The third-order valence-corrected chi connectivity index (χ3v) is 6.25. The molecule has 0 spiro atoms. The SMILES string of the molecule is CCn1c(=NC(=O)c2cccc(SC(C)C)c2)sc2c(OC)ccc(OC)c21. The van der Waals surface area contributed by atoms with E-state index in [0.717, 1.165) is 26.6 Å². The first-order valence-corrected chi connectivity index (χ1v) is 10.8. The molecule has 0 bridgehead atoms. The maximum absolute atomic E-state index is 12.9. The molecular formula is C21H24N2O3S2. The minimum atomic E-state index is -0.252. The summed E-state index contributed by atoms with van der Waals surface area (Å²) in [4.78, 5) is 19.0. The molecule has 0 unspecified atom stereocenters. The Morgan fingerprint density at radius 1 is 1.18 bits per heavy atom. The van der Waals surface area contributed by atoms with Crippen molar-refractivity contribution in [3.8, 4) is 11.5 Å². The fourth-order valence-electron chi connectivity index (χ4n) is 2.96. The van der Waals surface area contributed by atoms with Crippen LogP contribution in [-0.4, -0.2) is 29.9 Å². The third kappa shape index (κ3) is 4.10. The highest BCUT2D eigenvalue weighted by atomic mass is 32.2. The second-order valence-electron chi connectivity index (χ2n) is 6.39. The summed E-state index contributed by atoms with van der Waals surface area (Å²) >= 11 is 3.16. The number of thiazole rings is 1. The third-order valence-electron chi connectivity index (χ3n) is 4.16. The van der Waals surface area contributed by atoms with Crippen LogP contribution >= 0.6 is 23.1 Å². The number of hydrogen-bond donors (Lipinski definition) is 0. The number of ether oxygens (including phenoxy) is 2. The smallest absolute Gasteiger partial charge is 0.279 e. The van der Waals surface area contributed by atoms with E-state index in [1.54, 1.807) is 32.0 Å². The molecule has 148 valence electrons. The van der Waals surface area contributed by atoms with Gasteiger partial charge in [0.25, 0.3) is 5.91 Å². The Bertz CT molecular complexity index is 1070. The Hall–Kier alpha value is -2.25. The van der Waals surface area contributed by atoms with E-state index in [1.807, 2.05) is 41.8 Å². The molecule has 0 aliphatic carbocycles. The number of carbonyl (C=O) groups excluding carboxylic acids is 1. The highest BCUT2D eigenvalue weighted by molar-refractivity contribution is 7.99. The van der Waals surface area contributed by atoms with Crippen LogP contribution in [0.1, 0.15) is 31.1 Å². The van der Waals surface area contributed by atoms with Gasteiger partial charge in [-0.3, -0.25) is 4.79 Å². The Kier molecular flexibility index (Phi) is 6.46. The number of thioether (sulfide) groups is 1. The highest BCUT2D eigenvalue weighted by Crippen LogP contribution is 2.35. The first kappa shape index (κ1) is 20.5. The highest BCUT2D eigenvalue weighted by Gasteiger charge is 2.16. The van der Waals surface area contributed by atoms with Crippen LogP contribution in [0.3, 0.4) is 0 Å². The molecular weight excluding hydrogens is 392 g/mol. The molecule has 0 N–H and O–H groups in total. The molecule has 3 rings (SSSR count). The van der Waals surface area contributed by atoms with E-state index >= 15 is 0 Å². The fraction of sp³-hybridized carbons (Fsp3) is 0.333. The molecule has 0 saturated heterocycles. The normalized spacial score (nSPS) is 12.0. The molecule has 0 fully saturated rings. The number of methoxy groups -OCH3 is 2. The van der Waals surface area contributed by atoms with Gasteiger partial charge in [0, 0.05) is 22.3 Å². The molecule has 0 aliphatic rings. The average Bonchev–Trinajstić information content (AvgIpc) is 3.04. The van der Waals surface area contributed by atoms with Gasteiger partial charge in [-0.15, -0.1) is 11.8 Å². The molecule has 3 aromatic rings. The van der Waals surface area contributed by atoms with E-state index in [4.69, 9.17) is 9.47 Å². The Morgan fingerprint density at radius 3 is 2.54 bits per heavy atom. The number of aromatic nitrogens is 1. The van der Waals surface area contributed by atoms with E-state index in [2.05, 4.69) is 18.8 Å². The van der Waals surface area contributed by atoms with Gasteiger partial charge in [-0.1, -0.05) is 31.3 Å². The van der Waals surface area contributed by atoms with E-state index in [-0.39, 0.29) is 5.91 Å². The summed E-state index contributed by atoms with van der Waals surface area (Å²) in [6, 6.07) is 11.4. The van der Waals surface area contributed by atoms with Crippen molar-refractivity contribution in [3.63, 3.8) is 0 Å². The summed E-state index contributed by atoms with van der Waals surface area (Å²) in [7, 11) is 3.27. The first-order valence-electron chi connectivity index (χ1n) is 9.08. The lowest BCUT2D eigenvalue weighted by atomic mass is 10.2. The van der Waals surface area contributed by atoms with Gasteiger partial charge >= 0.3 is 0 Å². The van der Waals surface area contributed by atoms with Crippen LogP contribution in [0.4, 0.5) is 0 Å². The van der Waals surface area contributed by atoms with Crippen molar-refractivity contribution in [3.05, 3.63) is 46.8 Å². The molecule has 1 amide bonds. The predicted octanol–water partition coefficient (Wildman–Crippen LogP) is 4.98. The van der Waals surface area contributed by atoms with E-state index in [9.17, 15) is 4.79 Å². The van der Waals surface area contributed by atoms with Gasteiger partial charge in [0.05, 0.1) is 14.2 Å². The second kappa shape index (κ2) is 8.84. The van der Waals surface area contributed by atoms with Crippen molar-refractivity contribution in [2.45, 2.75) is 37.5 Å². The van der Waals surface area contributed by atoms with Crippen molar-refractivity contribution < 1.29 is 14.3 Å². The minimum absolute atomic E-state index is 0.252. The van der Waals surface area contributed by atoms with Crippen LogP contribution in [-0.2, 0) is 6.54 Å². The van der Waals surface area contributed by atoms with Crippen LogP contribution in [0.5, 0.6) is 11.5 Å². The first-order chi connectivity index (χ1) is 13.5. The van der Waals surface area contributed by atoms with Gasteiger partial charge < -0.3 is 14.0 Å². The number of amides is 1. The number of fused-ring (bicyclic) bond motifs is 1. The zero-order chi connectivity index (χ0) is 20.3.